The SMILES string of the molecule is NC(=O)[C@H]1CCCCN1C(=O)COC(=O)CN1C(=O)Cc2ccccc2C1=O. The summed E-state index contributed by atoms with van der Waals surface area (Å²) in [5, 5.41) is 0. The topological polar surface area (TPSA) is 127 Å². The van der Waals surface area contributed by atoms with Gasteiger partial charge >= 0.3 is 5.97 Å². The molecule has 2 heterocycles. The second-order valence-corrected chi connectivity index (χ2v) is 6.78. The number of benzene rings is 1. The Morgan fingerprint density at radius 1 is 1.14 bits per heavy atom. The minimum Gasteiger partial charge on any atom is -0.454 e. The van der Waals surface area contributed by atoms with Crippen LogP contribution in [0.3, 0.4) is 0 Å². The first-order valence-corrected chi connectivity index (χ1v) is 9.05. The lowest BCUT2D eigenvalue weighted by molar-refractivity contribution is -0.156. The van der Waals surface area contributed by atoms with Crippen LogP contribution < -0.4 is 5.73 Å². The van der Waals surface area contributed by atoms with Crippen molar-refractivity contribution in [2.75, 3.05) is 19.7 Å². The number of fused-ring (bicyclic) bond motifs is 1. The van der Waals surface area contributed by atoms with Crippen molar-refractivity contribution in [3.05, 3.63) is 35.4 Å². The summed E-state index contributed by atoms with van der Waals surface area (Å²) in [5.41, 5.74) is 6.30. The Bertz CT molecular complexity index is 837. The molecule has 0 spiro atoms. The molecule has 1 saturated heterocycles. The van der Waals surface area contributed by atoms with Crippen LogP contribution in [0.25, 0.3) is 0 Å². The number of hydrogen-bond acceptors (Lipinski definition) is 6. The van der Waals surface area contributed by atoms with Crippen LogP contribution in [-0.4, -0.2) is 65.1 Å². The first-order chi connectivity index (χ1) is 13.4. The van der Waals surface area contributed by atoms with Crippen LogP contribution in [0, 0.1) is 0 Å². The molecule has 9 heteroatoms. The standard InChI is InChI=1S/C19H21N3O6/c20-18(26)14-7-3-4-8-21(14)16(24)11-28-17(25)10-22-15(23)9-12-5-1-2-6-13(12)19(22)27/h1-2,5-6,14H,3-4,7-11H2,(H2,20,26)/t14-/m1/s1. The first-order valence-electron chi connectivity index (χ1n) is 9.05. The van der Waals surface area contributed by atoms with E-state index >= 15 is 0 Å². The molecule has 1 aromatic rings. The Kier molecular flexibility index (Phi) is 5.72. The maximum Gasteiger partial charge on any atom is 0.326 e. The summed E-state index contributed by atoms with van der Waals surface area (Å²) in [7, 11) is 0. The van der Waals surface area contributed by atoms with Gasteiger partial charge in [-0.25, -0.2) is 0 Å². The largest absolute Gasteiger partial charge is 0.454 e. The first kappa shape index (κ1) is 19.5. The van der Waals surface area contributed by atoms with Crippen molar-refractivity contribution in [2.24, 2.45) is 5.73 Å². The van der Waals surface area contributed by atoms with E-state index in [-0.39, 0.29) is 6.42 Å². The predicted molar refractivity (Wildman–Crippen MR) is 95.7 cm³/mol. The van der Waals surface area contributed by atoms with Gasteiger partial charge in [0.2, 0.25) is 11.8 Å². The second kappa shape index (κ2) is 8.20. The molecule has 0 aromatic heterocycles. The van der Waals surface area contributed by atoms with Crippen molar-refractivity contribution in [3.63, 3.8) is 0 Å². The zero-order valence-electron chi connectivity index (χ0n) is 15.3. The number of carbonyl (C=O) groups is 5. The van der Waals surface area contributed by atoms with Gasteiger partial charge < -0.3 is 15.4 Å². The third-order valence-corrected chi connectivity index (χ3v) is 4.93. The average Bonchev–Trinajstić information content (AvgIpc) is 2.69. The summed E-state index contributed by atoms with van der Waals surface area (Å²) in [6.45, 7) is -0.780. The second-order valence-electron chi connectivity index (χ2n) is 6.78. The number of amides is 4. The van der Waals surface area contributed by atoms with Gasteiger partial charge in [0.1, 0.15) is 12.6 Å². The van der Waals surface area contributed by atoms with Crippen molar-refractivity contribution in [1.29, 1.82) is 0 Å². The molecular formula is C19H21N3O6. The molecular weight excluding hydrogens is 366 g/mol. The Balaban J connectivity index is 1.57. The number of imide groups is 1. The fourth-order valence-electron chi connectivity index (χ4n) is 3.49. The van der Waals surface area contributed by atoms with Crippen LogP contribution in [0.15, 0.2) is 24.3 Å². The number of piperidine rings is 1. The van der Waals surface area contributed by atoms with Gasteiger partial charge in [-0.3, -0.25) is 28.9 Å². The molecule has 2 aliphatic rings. The van der Waals surface area contributed by atoms with E-state index in [1.54, 1.807) is 24.3 Å². The van der Waals surface area contributed by atoms with Crippen LogP contribution in [0.2, 0.25) is 0 Å². The van der Waals surface area contributed by atoms with Crippen LogP contribution >= 0.6 is 0 Å². The van der Waals surface area contributed by atoms with Crippen molar-refractivity contribution in [1.82, 2.24) is 9.80 Å². The maximum atomic E-state index is 12.4. The molecule has 1 fully saturated rings. The van der Waals surface area contributed by atoms with E-state index in [2.05, 4.69) is 0 Å². The summed E-state index contributed by atoms with van der Waals surface area (Å²) < 4.78 is 4.94. The summed E-state index contributed by atoms with van der Waals surface area (Å²) in [6.07, 6.45) is 2.02. The zero-order chi connectivity index (χ0) is 20.3. The molecule has 1 aromatic carbocycles. The molecule has 0 bridgehead atoms. The Morgan fingerprint density at radius 2 is 1.89 bits per heavy atom. The number of likely N-dealkylation sites (tertiary alicyclic amines) is 1. The van der Waals surface area contributed by atoms with Gasteiger partial charge in [0.25, 0.3) is 11.8 Å². The van der Waals surface area contributed by atoms with Crippen molar-refractivity contribution in [2.45, 2.75) is 31.7 Å². The highest BCUT2D eigenvalue weighted by Crippen LogP contribution is 2.20. The molecule has 2 aliphatic heterocycles. The summed E-state index contributed by atoms with van der Waals surface area (Å²) in [4.78, 5) is 62.6. The van der Waals surface area contributed by atoms with E-state index in [4.69, 9.17) is 10.5 Å². The van der Waals surface area contributed by atoms with Crippen LogP contribution in [-0.2, 0) is 30.3 Å². The molecule has 3 rings (SSSR count). The normalized spacial score (nSPS) is 19.2. The van der Waals surface area contributed by atoms with Crippen molar-refractivity contribution >= 4 is 29.6 Å². The fourth-order valence-corrected chi connectivity index (χ4v) is 3.49. The third kappa shape index (κ3) is 4.03. The van der Waals surface area contributed by atoms with Crippen LogP contribution in [0.4, 0.5) is 0 Å². The lowest BCUT2D eigenvalue weighted by Gasteiger charge is -2.33. The number of hydrogen-bond donors (Lipinski definition) is 1. The number of nitrogens with zero attached hydrogens (tertiary/aromatic N) is 2. The fraction of sp³-hybridized carbons (Fsp3) is 0.421. The molecule has 28 heavy (non-hydrogen) atoms. The minimum atomic E-state index is -0.873. The number of ether oxygens (including phenoxy) is 1. The molecule has 0 aliphatic carbocycles. The Labute approximate surface area is 161 Å². The molecule has 0 saturated carbocycles. The molecule has 0 radical (unpaired) electrons. The smallest absolute Gasteiger partial charge is 0.326 e. The number of carbonyl (C=O) groups excluding carboxylic acids is 5. The minimum absolute atomic E-state index is 0.0161. The molecule has 148 valence electrons. The zero-order valence-corrected chi connectivity index (χ0v) is 15.3. The van der Waals surface area contributed by atoms with Crippen molar-refractivity contribution < 1.29 is 28.7 Å². The monoisotopic (exact) mass is 387 g/mol. The number of primary amides is 1. The van der Waals surface area contributed by atoms with E-state index in [9.17, 15) is 24.0 Å². The average molecular weight is 387 g/mol. The van der Waals surface area contributed by atoms with Gasteiger partial charge in [0, 0.05) is 12.1 Å². The Hall–Kier alpha value is -3.23. The van der Waals surface area contributed by atoms with E-state index < -0.39 is 48.8 Å². The van der Waals surface area contributed by atoms with E-state index in [0.717, 1.165) is 17.7 Å². The number of esters is 1. The van der Waals surface area contributed by atoms with Crippen molar-refractivity contribution in [3.8, 4) is 0 Å². The predicted octanol–water partition coefficient (Wildman–Crippen LogP) is -0.379. The van der Waals surface area contributed by atoms with Gasteiger partial charge in [-0.1, -0.05) is 18.2 Å². The lowest BCUT2D eigenvalue weighted by atomic mass is 9.98. The van der Waals surface area contributed by atoms with Gasteiger partial charge in [0.05, 0.1) is 6.42 Å². The molecule has 9 nitrogen and oxygen atoms in total. The quantitative estimate of drug-likeness (QED) is 0.542. The third-order valence-electron chi connectivity index (χ3n) is 4.93. The van der Waals surface area contributed by atoms with Gasteiger partial charge in [-0.2, -0.15) is 0 Å². The lowest BCUT2D eigenvalue weighted by Crippen LogP contribution is -2.52. The van der Waals surface area contributed by atoms with Gasteiger partial charge in [-0.15, -0.1) is 0 Å². The molecule has 0 unspecified atom stereocenters. The molecule has 4 amide bonds. The van der Waals surface area contributed by atoms with E-state index in [1.165, 1.54) is 4.90 Å². The number of nitrogens with two attached hydrogens (primary N) is 1. The summed E-state index contributed by atoms with van der Waals surface area (Å²) in [5.74, 6) is -3.07. The van der Waals surface area contributed by atoms with Gasteiger partial charge in [-0.05, 0) is 30.9 Å². The summed E-state index contributed by atoms with van der Waals surface area (Å²) >= 11 is 0. The Morgan fingerprint density at radius 3 is 2.64 bits per heavy atom. The van der Waals surface area contributed by atoms with Gasteiger partial charge in [0.15, 0.2) is 6.61 Å². The highest BCUT2D eigenvalue weighted by molar-refractivity contribution is 6.11. The van der Waals surface area contributed by atoms with E-state index in [0.29, 0.717) is 24.1 Å². The highest BCUT2D eigenvalue weighted by atomic mass is 16.5. The highest BCUT2D eigenvalue weighted by Gasteiger charge is 2.34. The van der Waals surface area contributed by atoms with E-state index in [1.807, 2.05) is 0 Å². The molecule has 2 N–H and O–H groups in total. The summed E-state index contributed by atoms with van der Waals surface area (Å²) in [6, 6.07) is 5.98. The molecule has 1 atom stereocenters. The maximum absolute atomic E-state index is 12.4. The number of rotatable bonds is 5. The van der Waals surface area contributed by atoms with Crippen LogP contribution in [0.1, 0.15) is 35.2 Å². The van der Waals surface area contributed by atoms with Crippen LogP contribution in [0.5, 0.6) is 0 Å².